The molecule has 0 amide bonds. The summed E-state index contributed by atoms with van der Waals surface area (Å²) < 4.78 is 31.2. The lowest BCUT2D eigenvalue weighted by atomic mass is 10.0. The van der Waals surface area contributed by atoms with Crippen LogP contribution in [0.2, 0.25) is 0 Å². The van der Waals surface area contributed by atoms with Crippen LogP contribution in [-0.4, -0.2) is 7.11 Å². The average Bonchev–Trinajstić information content (AvgIpc) is 2.34. The van der Waals surface area contributed by atoms with E-state index in [2.05, 4.69) is 0 Å². The zero-order valence-corrected chi connectivity index (χ0v) is 9.21. The third-order valence-corrected chi connectivity index (χ3v) is 2.47. The van der Waals surface area contributed by atoms with Gasteiger partial charge in [0.05, 0.1) is 7.11 Å². The average molecular weight is 235 g/mol. The molecule has 2 rings (SSSR count). The molecule has 0 spiro atoms. The third kappa shape index (κ3) is 2.20. The van der Waals surface area contributed by atoms with Gasteiger partial charge in [-0.25, -0.2) is 8.78 Å². The Balaban J connectivity index is 2.56. The molecule has 2 aromatic rings. The number of methoxy groups -OCH3 is 1. The molecule has 4 heteroatoms. The van der Waals surface area contributed by atoms with Gasteiger partial charge in [-0.1, -0.05) is 12.1 Å². The summed E-state index contributed by atoms with van der Waals surface area (Å²) in [6.45, 7) is 0. The van der Waals surface area contributed by atoms with Gasteiger partial charge in [-0.05, 0) is 23.8 Å². The molecule has 0 bridgehead atoms. The van der Waals surface area contributed by atoms with E-state index >= 15 is 0 Å². The predicted molar refractivity (Wildman–Crippen MR) is 62.8 cm³/mol. The summed E-state index contributed by atoms with van der Waals surface area (Å²) in [7, 11) is 1.54. The summed E-state index contributed by atoms with van der Waals surface area (Å²) in [4.78, 5) is 0. The Morgan fingerprint density at radius 1 is 1.06 bits per heavy atom. The van der Waals surface area contributed by atoms with Gasteiger partial charge in [0.2, 0.25) is 0 Å². The van der Waals surface area contributed by atoms with Crippen LogP contribution in [0, 0.1) is 11.6 Å². The molecule has 0 heterocycles. The van der Waals surface area contributed by atoms with Gasteiger partial charge in [0.15, 0.2) is 11.6 Å². The number of anilines is 1. The van der Waals surface area contributed by atoms with Gasteiger partial charge in [0, 0.05) is 17.3 Å². The fourth-order valence-corrected chi connectivity index (χ4v) is 1.60. The van der Waals surface area contributed by atoms with Crippen molar-refractivity contribution in [2.75, 3.05) is 12.8 Å². The SMILES string of the molecule is COc1cccc(-c2cc(F)c(F)cc2N)c1. The van der Waals surface area contributed by atoms with Crippen molar-refractivity contribution in [3.05, 3.63) is 48.0 Å². The standard InChI is InChI=1S/C13H11F2NO/c1-17-9-4-2-3-8(5-9)10-6-11(14)12(15)7-13(10)16/h2-7H,16H2,1H3. The summed E-state index contributed by atoms with van der Waals surface area (Å²) in [6.07, 6.45) is 0. The van der Waals surface area contributed by atoms with E-state index in [-0.39, 0.29) is 5.69 Å². The highest BCUT2D eigenvalue weighted by atomic mass is 19.2. The highest BCUT2D eigenvalue weighted by Gasteiger charge is 2.09. The number of rotatable bonds is 2. The number of hydrogen-bond acceptors (Lipinski definition) is 2. The van der Waals surface area contributed by atoms with Crippen LogP contribution in [0.1, 0.15) is 0 Å². The maximum absolute atomic E-state index is 13.2. The molecule has 0 saturated carbocycles. The minimum atomic E-state index is -0.950. The molecule has 0 aliphatic rings. The molecule has 88 valence electrons. The van der Waals surface area contributed by atoms with E-state index in [1.165, 1.54) is 7.11 Å². The quantitative estimate of drug-likeness (QED) is 0.811. The molecular formula is C13H11F2NO. The highest BCUT2D eigenvalue weighted by Crippen LogP contribution is 2.30. The van der Waals surface area contributed by atoms with E-state index in [4.69, 9.17) is 10.5 Å². The molecule has 0 fully saturated rings. The van der Waals surface area contributed by atoms with Crippen molar-refractivity contribution in [3.63, 3.8) is 0 Å². The molecule has 0 saturated heterocycles. The second-order valence-corrected chi connectivity index (χ2v) is 3.59. The number of hydrogen-bond donors (Lipinski definition) is 1. The molecule has 2 aromatic carbocycles. The van der Waals surface area contributed by atoms with Crippen LogP contribution in [0.3, 0.4) is 0 Å². The number of benzene rings is 2. The van der Waals surface area contributed by atoms with Crippen LogP contribution in [0.15, 0.2) is 36.4 Å². The third-order valence-electron chi connectivity index (χ3n) is 2.47. The summed E-state index contributed by atoms with van der Waals surface area (Å²) >= 11 is 0. The van der Waals surface area contributed by atoms with Crippen molar-refractivity contribution >= 4 is 5.69 Å². The number of halogens is 2. The first kappa shape index (κ1) is 11.4. The highest BCUT2D eigenvalue weighted by molar-refractivity contribution is 5.77. The molecule has 0 aromatic heterocycles. The molecular weight excluding hydrogens is 224 g/mol. The summed E-state index contributed by atoms with van der Waals surface area (Å²) in [5.74, 6) is -1.24. The van der Waals surface area contributed by atoms with Crippen molar-refractivity contribution in [2.24, 2.45) is 0 Å². The minimum Gasteiger partial charge on any atom is -0.497 e. The van der Waals surface area contributed by atoms with E-state index in [1.807, 2.05) is 0 Å². The lowest BCUT2D eigenvalue weighted by molar-refractivity contribution is 0.415. The fourth-order valence-electron chi connectivity index (χ4n) is 1.60. The Morgan fingerprint density at radius 2 is 1.76 bits per heavy atom. The Hall–Kier alpha value is -2.10. The van der Waals surface area contributed by atoms with Crippen LogP contribution >= 0.6 is 0 Å². The molecule has 2 N–H and O–H groups in total. The maximum atomic E-state index is 13.2. The molecule has 0 radical (unpaired) electrons. The van der Waals surface area contributed by atoms with Crippen LogP contribution < -0.4 is 10.5 Å². The van der Waals surface area contributed by atoms with Gasteiger partial charge in [0.1, 0.15) is 5.75 Å². The Bertz CT molecular complexity index is 555. The van der Waals surface area contributed by atoms with E-state index in [0.717, 1.165) is 12.1 Å². The van der Waals surface area contributed by atoms with Crippen molar-refractivity contribution in [3.8, 4) is 16.9 Å². The van der Waals surface area contributed by atoms with E-state index in [9.17, 15) is 8.78 Å². The number of ether oxygens (including phenoxy) is 1. The maximum Gasteiger partial charge on any atom is 0.160 e. The number of nitrogen functional groups attached to an aromatic ring is 1. The van der Waals surface area contributed by atoms with Crippen molar-refractivity contribution in [1.29, 1.82) is 0 Å². The van der Waals surface area contributed by atoms with E-state index in [0.29, 0.717) is 16.9 Å². The molecule has 17 heavy (non-hydrogen) atoms. The zero-order valence-electron chi connectivity index (χ0n) is 9.21. The van der Waals surface area contributed by atoms with Gasteiger partial charge in [-0.2, -0.15) is 0 Å². The van der Waals surface area contributed by atoms with Gasteiger partial charge in [0.25, 0.3) is 0 Å². The van der Waals surface area contributed by atoms with Crippen molar-refractivity contribution < 1.29 is 13.5 Å². The van der Waals surface area contributed by atoms with Gasteiger partial charge in [-0.15, -0.1) is 0 Å². The molecule has 0 unspecified atom stereocenters. The molecule has 0 aliphatic carbocycles. The Labute approximate surface area is 97.6 Å². The van der Waals surface area contributed by atoms with E-state index in [1.54, 1.807) is 24.3 Å². The van der Waals surface area contributed by atoms with Crippen LogP contribution in [0.4, 0.5) is 14.5 Å². The molecule has 0 atom stereocenters. The lowest BCUT2D eigenvalue weighted by Crippen LogP contribution is -1.95. The van der Waals surface area contributed by atoms with Crippen LogP contribution in [0.5, 0.6) is 5.75 Å². The van der Waals surface area contributed by atoms with Gasteiger partial charge >= 0.3 is 0 Å². The normalized spacial score (nSPS) is 10.3. The second kappa shape index (κ2) is 4.41. The second-order valence-electron chi connectivity index (χ2n) is 3.59. The Kier molecular flexibility index (Phi) is 2.95. The summed E-state index contributed by atoms with van der Waals surface area (Å²) in [6, 6.07) is 9.05. The summed E-state index contributed by atoms with van der Waals surface area (Å²) in [5, 5.41) is 0. The smallest absolute Gasteiger partial charge is 0.160 e. The minimum absolute atomic E-state index is 0.192. The van der Waals surface area contributed by atoms with Crippen LogP contribution in [0.25, 0.3) is 11.1 Å². The van der Waals surface area contributed by atoms with Gasteiger partial charge in [-0.3, -0.25) is 0 Å². The number of nitrogens with two attached hydrogens (primary N) is 1. The fraction of sp³-hybridized carbons (Fsp3) is 0.0769. The molecule has 2 nitrogen and oxygen atoms in total. The van der Waals surface area contributed by atoms with Crippen molar-refractivity contribution in [2.45, 2.75) is 0 Å². The van der Waals surface area contributed by atoms with Crippen molar-refractivity contribution in [1.82, 2.24) is 0 Å². The first-order valence-electron chi connectivity index (χ1n) is 5.01. The predicted octanol–water partition coefficient (Wildman–Crippen LogP) is 3.22. The Morgan fingerprint density at radius 3 is 2.47 bits per heavy atom. The van der Waals surface area contributed by atoms with Crippen LogP contribution in [-0.2, 0) is 0 Å². The largest absolute Gasteiger partial charge is 0.497 e. The van der Waals surface area contributed by atoms with Gasteiger partial charge < -0.3 is 10.5 Å². The monoisotopic (exact) mass is 235 g/mol. The van der Waals surface area contributed by atoms with E-state index < -0.39 is 11.6 Å². The topological polar surface area (TPSA) is 35.2 Å². The first-order valence-corrected chi connectivity index (χ1v) is 5.01. The lowest BCUT2D eigenvalue weighted by Gasteiger charge is -2.08. The first-order chi connectivity index (χ1) is 8.11. The molecule has 0 aliphatic heterocycles. The zero-order chi connectivity index (χ0) is 12.4. The summed E-state index contributed by atoms with van der Waals surface area (Å²) in [5.41, 5.74) is 6.99.